The number of carbonyl (C=O) groups excluding carboxylic acids is 1. The monoisotopic (exact) mass is 338 g/mol. The van der Waals surface area contributed by atoms with E-state index in [-0.39, 0.29) is 17.7 Å². The SMILES string of the molecule is COc1ccc(C(C(=O)Nc2cccc(C#N)c2)C(C)C)cc1OC. The van der Waals surface area contributed by atoms with Crippen LogP contribution in [0.5, 0.6) is 11.5 Å². The van der Waals surface area contributed by atoms with Gasteiger partial charge in [0, 0.05) is 5.69 Å². The highest BCUT2D eigenvalue weighted by atomic mass is 16.5. The second kappa shape index (κ2) is 8.20. The van der Waals surface area contributed by atoms with Gasteiger partial charge in [-0.3, -0.25) is 4.79 Å². The summed E-state index contributed by atoms with van der Waals surface area (Å²) in [7, 11) is 3.14. The van der Waals surface area contributed by atoms with Gasteiger partial charge in [-0.05, 0) is 41.8 Å². The number of hydrogen-bond acceptors (Lipinski definition) is 4. The smallest absolute Gasteiger partial charge is 0.232 e. The number of nitrogens with zero attached hydrogens (tertiary/aromatic N) is 1. The quantitative estimate of drug-likeness (QED) is 0.865. The van der Waals surface area contributed by atoms with Gasteiger partial charge >= 0.3 is 0 Å². The Morgan fingerprint density at radius 1 is 1.08 bits per heavy atom. The number of methoxy groups -OCH3 is 2. The number of nitrogens with one attached hydrogen (secondary N) is 1. The lowest BCUT2D eigenvalue weighted by atomic mass is 9.87. The van der Waals surface area contributed by atoms with Crippen LogP contribution in [0.3, 0.4) is 0 Å². The molecule has 0 bridgehead atoms. The maximum absolute atomic E-state index is 12.8. The highest BCUT2D eigenvalue weighted by molar-refractivity contribution is 5.96. The second-order valence-corrected chi connectivity index (χ2v) is 6.02. The largest absolute Gasteiger partial charge is 0.493 e. The number of carbonyl (C=O) groups is 1. The van der Waals surface area contributed by atoms with Crippen LogP contribution in [0, 0.1) is 17.2 Å². The average Bonchev–Trinajstić information content (AvgIpc) is 2.61. The van der Waals surface area contributed by atoms with E-state index in [2.05, 4.69) is 11.4 Å². The molecule has 2 rings (SSSR count). The molecule has 25 heavy (non-hydrogen) atoms. The minimum Gasteiger partial charge on any atom is -0.493 e. The van der Waals surface area contributed by atoms with Crippen LogP contribution in [0.15, 0.2) is 42.5 Å². The van der Waals surface area contributed by atoms with Crippen molar-refractivity contribution < 1.29 is 14.3 Å². The maximum atomic E-state index is 12.8. The molecule has 1 N–H and O–H groups in total. The molecule has 0 aliphatic carbocycles. The van der Waals surface area contributed by atoms with Crippen molar-refractivity contribution in [3.8, 4) is 17.6 Å². The number of ether oxygens (including phenoxy) is 2. The Balaban J connectivity index is 2.31. The third-order valence-electron chi connectivity index (χ3n) is 3.98. The van der Waals surface area contributed by atoms with Gasteiger partial charge in [0.2, 0.25) is 5.91 Å². The molecule has 0 saturated heterocycles. The molecule has 0 saturated carbocycles. The molecule has 0 radical (unpaired) electrons. The van der Waals surface area contributed by atoms with Crippen LogP contribution in [0.25, 0.3) is 0 Å². The molecule has 0 aromatic heterocycles. The number of anilines is 1. The summed E-state index contributed by atoms with van der Waals surface area (Å²) >= 11 is 0. The summed E-state index contributed by atoms with van der Waals surface area (Å²) < 4.78 is 10.6. The molecule has 5 nitrogen and oxygen atoms in total. The number of rotatable bonds is 6. The van der Waals surface area contributed by atoms with Gasteiger partial charge in [-0.25, -0.2) is 0 Å². The highest BCUT2D eigenvalue weighted by Crippen LogP contribution is 2.34. The van der Waals surface area contributed by atoms with Crippen molar-refractivity contribution in [3.05, 3.63) is 53.6 Å². The average molecular weight is 338 g/mol. The molecule has 5 heteroatoms. The minimum atomic E-state index is -0.356. The van der Waals surface area contributed by atoms with Gasteiger partial charge in [-0.15, -0.1) is 0 Å². The van der Waals surface area contributed by atoms with Crippen LogP contribution in [0.1, 0.15) is 30.9 Å². The summed E-state index contributed by atoms with van der Waals surface area (Å²) in [6, 6.07) is 14.4. The summed E-state index contributed by atoms with van der Waals surface area (Å²) in [4.78, 5) is 12.8. The first-order valence-corrected chi connectivity index (χ1v) is 8.03. The first-order valence-electron chi connectivity index (χ1n) is 8.03. The Bertz CT molecular complexity index is 794. The van der Waals surface area contributed by atoms with Crippen LogP contribution in [0.2, 0.25) is 0 Å². The normalized spacial score (nSPS) is 11.5. The fourth-order valence-corrected chi connectivity index (χ4v) is 2.77. The molecule has 0 aliphatic heterocycles. The maximum Gasteiger partial charge on any atom is 0.232 e. The first-order chi connectivity index (χ1) is 12.0. The van der Waals surface area contributed by atoms with E-state index < -0.39 is 0 Å². The van der Waals surface area contributed by atoms with Crippen molar-refractivity contribution >= 4 is 11.6 Å². The molecule has 0 spiro atoms. The van der Waals surface area contributed by atoms with Crippen molar-refractivity contribution in [1.82, 2.24) is 0 Å². The van der Waals surface area contributed by atoms with E-state index in [0.717, 1.165) is 5.56 Å². The minimum absolute atomic E-state index is 0.0808. The summed E-state index contributed by atoms with van der Waals surface area (Å²) in [5, 5.41) is 11.9. The van der Waals surface area contributed by atoms with Crippen LogP contribution < -0.4 is 14.8 Å². The van der Waals surface area contributed by atoms with Crippen LogP contribution in [-0.4, -0.2) is 20.1 Å². The van der Waals surface area contributed by atoms with E-state index in [0.29, 0.717) is 22.7 Å². The van der Waals surface area contributed by atoms with Gasteiger partial charge < -0.3 is 14.8 Å². The van der Waals surface area contributed by atoms with Gasteiger partial charge in [0.15, 0.2) is 11.5 Å². The van der Waals surface area contributed by atoms with Crippen molar-refractivity contribution in [3.63, 3.8) is 0 Å². The van der Waals surface area contributed by atoms with Crippen LogP contribution in [-0.2, 0) is 4.79 Å². The fraction of sp³-hybridized carbons (Fsp3) is 0.300. The molecule has 1 atom stereocenters. The molecule has 0 heterocycles. The molecular weight excluding hydrogens is 316 g/mol. The van der Waals surface area contributed by atoms with E-state index in [1.807, 2.05) is 26.0 Å². The Morgan fingerprint density at radius 3 is 2.40 bits per heavy atom. The molecular formula is C20H22N2O3. The van der Waals surface area contributed by atoms with Gasteiger partial charge in [0.1, 0.15) is 0 Å². The standard InChI is InChI=1S/C20H22N2O3/c1-13(2)19(15-8-9-17(24-3)18(11-15)25-4)20(23)22-16-7-5-6-14(10-16)12-21/h5-11,13,19H,1-4H3,(H,22,23). The highest BCUT2D eigenvalue weighted by Gasteiger charge is 2.25. The summed E-state index contributed by atoms with van der Waals surface area (Å²) in [5.74, 6) is 0.806. The zero-order chi connectivity index (χ0) is 18.4. The van der Waals surface area contributed by atoms with Crippen molar-refractivity contribution in [2.24, 2.45) is 5.92 Å². The van der Waals surface area contributed by atoms with Crippen molar-refractivity contribution in [2.75, 3.05) is 19.5 Å². The Hall–Kier alpha value is -3.00. The topological polar surface area (TPSA) is 71.3 Å². The van der Waals surface area contributed by atoms with Crippen molar-refractivity contribution in [2.45, 2.75) is 19.8 Å². The predicted molar refractivity (Wildman–Crippen MR) is 96.9 cm³/mol. The second-order valence-electron chi connectivity index (χ2n) is 6.02. The zero-order valence-electron chi connectivity index (χ0n) is 14.9. The van der Waals surface area contributed by atoms with E-state index in [9.17, 15) is 4.79 Å². The third-order valence-corrected chi connectivity index (χ3v) is 3.98. The molecule has 0 aliphatic rings. The summed E-state index contributed by atoms with van der Waals surface area (Å²) in [5.41, 5.74) is 1.96. The van der Waals surface area contributed by atoms with E-state index in [1.165, 1.54) is 0 Å². The number of amides is 1. The third kappa shape index (κ3) is 4.30. The lowest BCUT2D eigenvalue weighted by Gasteiger charge is -2.22. The molecule has 0 fully saturated rings. The van der Waals surface area contributed by atoms with Crippen LogP contribution >= 0.6 is 0 Å². The molecule has 130 valence electrons. The van der Waals surface area contributed by atoms with E-state index in [4.69, 9.17) is 14.7 Å². The van der Waals surface area contributed by atoms with Gasteiger partial charge in [0.05, 0.1) is 31.8 Å². The Kier molecular flexibility index (Phi) is 6.02. The number of nitriles is 1. The number of hydrogen-bond donors (Lipinski definition) is 1. The summed E-state index contributed by atoms with van der Waals surface area (Å²) in [6.07, 6.45) is 0. The van der Waals surface area contributed by atoms with Gasteiger partial charge in [0.25, 0.3) is 0 Å². The summed E-state index contributed by atoms with van der Waals surface area (Å²) in [6.45, 7) is 3.99. The van der Waals surface area contributed by atoms with Crippen LogP contribution in [0.4, 0.5) is 5.69 Å². The first kappa shape index (κ1) is 18.3. The van der Waals surface area contributed by atoms with E-state index >= 15 is 0 Å². The van der Waals surface area contributed by atoms with Gasteiger partial charge in [-0.2, -0.15) is 5.26 Å². The Morgan fingerprint density at radius 2 is 1.80 bits per heavy atom. The predicted octanol–water partition coefficient (Wildman–Crippen LogP) is 3.95. The molecule has 2 aromatic rings. The molecule has 2 aromatic carbocycles. The molecule has 1 unspecified atom stereocenters. The van der Waals surface area contributed by atoms with Gasteiger partial charge in [-0.1, -0.05) is 26.0 Å². The van der Waals surface area contributed by atoms with E-state index in [1.54, 1.807) is 44.6 Å². The Labute approximate surface area is 148 Å². The number of benzene rings is 2. The fourth-order valence-electron chi connectivity index (χ4n) is 2.77. The van der Waals surface area contributed by atoms with Crippen molar-refractivity contribution in [1.29, 1.82) is 5.26 Å². The lowest BCUT2D eigenvalue weighted by Crippen LogP contribution is -2.25. The lowest BCUT2D eigenvalue weighted by molar-refractivity contribution is -0.118. The molecule has 1 amide bonds. The zero-order valence-corrected chi connectivity index (χ0v) is 14.9.